The Labute approximate surface area is 225 Å². The van der Waals surface area contributed by atoms with Crippen molar-refractivity contribution in [2.24, 2.45) is 0 Å². The van der Waals surface area contributed by atoms with Crippen LogP contribution in [0, 0.1) is 0 Å². The number of benzene rings is 1. The first-order chi connectivity index (χ1) is 17.8. The third-order valence-electron chi connectivity index (χ3n) is 8.01. The van der Waals surface area contributed by atoms with Gasteiger partial charge in [0.2, 0.25) is 0 Å². The van der Waals surface area contributed by atoms with Crippen molar-refractivity contribution in [1.29, 1.82) is 0 Å². The van der Waals surface area contributed by atoms with Gasteiger partial charge in [-0.3, -0.25) is 0 Å². The highest BCUT2D eigenvalue weighted by atomic mass is 15.4. The van der Waals surface area contributed by atoms with Crippen molar-refractivity contribution in [3.05, 3.63) is 48.3 Å². The number of rotatable bonds is 24. The van der Waals surface area contributed by atoms with Gasteiger partial charge in [0.05, 0.1) is 0 Å². The van der Waals surface area contributed by atoms with Crippen molar-refractivity contribution in [1.82, 2.24) is 9.80 Å². The molecule has 0 fully saturated rings. The SMILES string of the molecule is CCCCCCCCCCCCCCCN1C=CN(Cc2ccccc2)C1CCCCCCCCC. The summed E-state index contributed by atoms with van der Waals surface area (Å²) in [7, 11) is 0. The summed E-state index contributed by atoms with van der Waals surface area (Å²) in [6.07, 6.45) is 35.0. The van der Waals surface area contributed by atoms with E-state index in [2.05, 4.69) is 66.4 Å². The molecule has 0 spiro atoms. The predicted molar refractivity (Wildman–Crippen MR) is 160 cm³/mol. The van der Waals surface area contributed by atoms with Crippen LogP contribution >= 0.6 is 0 Å². The quantitative estimate of drug-likeness (QED) is 0.131. The molecule has 0 radical (unpaired) electrons. The third-order valence-corrected chi connectivity index (χ3v) is 8.01. The summed E-state index contributed by atoms with van der Waals surface area (Å²) in [5.41, 5.74) is 1.43. The van der Waals surface area contributed by atoms with Crippen LogP contribution < -0.4 is 0 Å². The van der Waals surface area contributed by atoms with Gasteiger partial charge in [0.15, 0.2) is 0 Å². The highest BCUT2D eigenvalue weighted by molar-refractivity contribution is 5.16. The highest BCUT2D eigenvalue weighted by Crippen LogP contribution is 2.25. The maximum atomic E-state index is 2.65. The minimum absolute atomic E-state index is 0.554. The van der Waals surface area contributed by atoms with Crippen LogP contribution in [-0.2, 0) is 6.54 Å². The Kier molecular flexibility index (Phi) is 18.5. The van der Waals surface area contributed by atoms with E-state index < -0.39 is 0 Å². The van der Waals surface area contributed by atoms with E-state index in [0.717, 1.165) is 6.54 Å². The molecule has 36 heavy (non-hydrogen) atoms. The van der Waals surface area contributed by atoms with E-state index in [-0.39, 0.29) is 0 Å². The lowest BCUT2D eigenvalue weighted by molar-refractivity contribution is 0.132. The molecule has 0 N–H and O–H groups in total. The van der Waals surface area contributed by atoms with Crippen LogP contribution in [0.15, 0.2) is 42.7 Å². The topological polar surface area (TPSA) is 6.48 Å². The van der Waals surface area contributed by atoms with Gasteiger partial charge < -0.3 is 9.80 Å². The molecule has 1 aliphatic heterocycles. The molecule has 1 aliphatic rings. The Balaban J connectivity index is 1.60. The largest absolute Gasteiger partial charge is 0.356 e. The van der Waals surface area contributed by atoms with Gasteiger partial charge in [-0.1, -0.05) is 160 Å². The lowest BCUT2D eigenvalue weighted by atomic mass is 10.0. The Morgan fingerprint density at radius 3 is 1.47 bits per heavy atom. The van der Waals surface area contributed by atoms with Crippen LogP contribution in [0.4, 0.5) is 0 Å². The van der Waals surface area contributed by atoms with E-state index in [9.17, 15) is 0 Å². The minimum atomic E-state index is 0.554. The van der Waals surface area contributed by atoms with E-state index in [1.165, 1.54) is 147 Å². The summed E-state index contributed by atoms with van der Waals surface area (Å²) in [6, 6.07) is 11.0. The van der Waals surface area contributed by atoms with Crippen LogP contribution in [-0.4, -0.2) is 22.5 Å². The second-order valence-electron chi connectivity index (χ2n) is 11.3. The molecule has 0 aromatic heterocycles. The first kappa shape index (κ1) is 30.8. The Morgan fingerprint density at radius 2 is 0.944 bits per heavy atom. The molecule has 2 nitrogen and oxygen atoms in total. The van der Waals surface area contributed by atoms with Crippen LogP contribution in [0.2, 0.25) is 0 Å². The van der Waals surface area contributed by atoms with E-state index in [0.29, 0.717) is 6.17 Å². The molecule has 1 aromatic carbocycles. The van der Waals surface area contributed by atoms with E-state index in [4.69, 9.17) is 0 Å². The van der Waals surface area contributed by atoms with Crippen molar-refractivity contribution in [2.75, 3.05) is 6.54 Å². The van der Waals surface area contributed by atoms with Gasteiger partial charge >= 0.3 is 0 Å². The first-order valence-electron chi connectivity index (χ1n) is 16.1. The fourth-order valence-corrected chi connectivity index (χ4v) is 5.66. The van der Waals surface area contributed by atoms with Crippen LogP contribution in [0.25, 0.3) is 0 Å². The van der Waals surface area contributed by atoms with Gasteiger partial charge in [0.25, 0.3) is 0 Å². The Hall–Kier alpha value is -1.44. The van der Waals surface area contributed by atoms with Crippen molar-refractivity contribution in [3.63, 3.8) is 0 Å². The number of nitrogens with zero attached hydrogens (tertiary/aromatic N) is 2. The summed E-state index contributed by atoms with van der Waals surface area (Å²) in [5.74, 6) is 0. The Bertz CT molecular complexity index is 625. The van der Waals surface area contributed by atoms with Gasteiger partial charge in [-0.15, -0.1) is 0 Å². The Morgan fingerprint density at radius 1 is 0.500 bits per heavy atom. The van der Waals surface area contributed by atoms with Crippen molar-refractivity contribution in [3.8, 4) is 0 Å². The van der Waals surface area contributed by atoms with Crippen molar-refractivity contribution >= 4 is 0 Å². The molecular formula is C34H60N2. The lowest BCUT2D eigenvalue weighted by Crippen LogP contribution is -2.38. The molecule has 1 atom stereocenters. The van der Waals surface area contributed by atoms with E-state index in [1.807, 2.05) is 0 Å². The zero-order valence-corrected chi connectivity index (χ0v) is 24.3. The average Bonchev–Trinajstić information content (AvgIpc) is 3.27. The predicted octanol–water partition coefficient (Wildman–Crippen LogP) is 10.8. The van der Waals surface area contributed by atoms with Gasteiger partial charge in [-0.25, -0.2) is 0 Å². The summed E-state index contributed by atoms with van der Waals surface area (Å²) in [4.78, 5) is 5.24. The molecule has 2 heteroatoms. The molecule has 1 unspecified atom stereocenters. The summed E-state index contributed by atoms with van der Waals surface area (Å²) >= 11 is 0. The molecule has 0 aliphatic carbocycles. The number of hydrogen-bond donors (Lipinski definition) is 0. The summed E-state index contributed by atoms with van der Waals surface area (Å²) in [6.45, 7) is 6.87. The second kappa shape index (κ2) is 21.6. The van der Waals surface area contributed by atoms with E-state index in [1.54, 1.807) is 0 Å². The molecule has 1 aromatic rings. The van der Waals surface area contributed by atoms with Crippen molar-refractivity contribution < 1.29 is 0 Å². The van der Waals surface area contributed by atoms with Crippen LogP contribution in [0.1, 0.15) is 154 Å². The molecule has 0 bridgehead atoms. The minimum Gasteiger partial charge on any atom is -0.356 e. The standard InChI is InChI=1S/C34H60N2/c1-3-5-7-9-11-12-13-14-15-16-18-20-25-29-35-30-31-36(32-33-26-22-21-23-27-33)34(35)28-24-19-17-10-8-6-4-2/h21-23,26-27,30-31,34H,3-20,24-25,28-29,32H2,1-2H3. The second-order valence-corrected chi connectivity index (χ2v) is 11.3. The molecular weight excluding hydrogens is 436 g/mol. The van der Waals surface area contributed by atoms with Crippen LogP contribution in [0.3, 0.4) is 0 Å². The van der Waals surface area contributed by atoms with Gasteiger partial charge in [-0.05, 0) is 24.8 Å². The van der Waals surface area contributed by atoms with Crippen molar-refractivity contribution in [2.45, 2.75) is 161 Å². The molecule has 1 heterocycles. The normalized spacial score (nSPS) is 15.3. The van der Waals surface area contributed by atoms with Crippen LogP contribution in [0.5, 0.6) is 0 Å². The molecule has 0 saturated carbocycles. The fourth-order valence-electron chi connectivity index (χ4n) is 5.66. The molecule has 0 saturated heterocycles. The average molecular weight is 497 g/mol. The molecule has 2 rings (SSSR count). The lowest BCUT2D eigenvalue weighted by Gasteiger charge is -2.33. The third kappa shape index (κ3) is 14.3. The van der Waals surface area contributed by atoms with Gasteiger partial charge in [0, 0.05) is 25.5 Å². The van der Waals surface area contributed by atoms with Gasteiger partial charge in [0.1, 0.15) is 6.17 Å². The van der Waals surface area contributed by atoms with E-state index >= 15 is 0 Å². The first-order valence-corrected chi connectivity index (χ1v) is 16.1. The molecule has 206 valence electrons. The maximum Gasteiger partial charge on any atom is 0.101 e. The maximum absolute atomic E-state index is 2.65. The zero-order valence-electron chi connectivity index (χ0n) is 24.3. The fraction of sp³-hybridized carbons (Fsp3) is 0.765. The smallest absolute Gasteiger partial charge is 0.101 e. The molecule has 0 amide bonds. The monoisotopic (exact) mass is 496 g/mol. The summed E-state index contributed by atoms with van der Waals surface area (Å²) < 4.78 is 0. The highest BCUT2D eigenvalue weighted by Gasteiger charge is 2.25. The van der Waals surface area contributed by atoms with Gasteiger partial charge in [-0.2, -0.15) is 0 Å². The summed E-state index contributed by atoms with van der Waals surface area (Å²) in [5, 5.41) is 0. The zero-order chi connectivity index (χ0) is 25.5. The number of hydrogen-bond acceptors (Lipinski definition) is 2. The number of unbranched alkanes of at least 4 members (excludes halogenated alkanes) is 18.